The number of methoxy groups -OCH3 is 1. The first-order chi connectivity index (χ1) is 7.31. The van der Waals surface area contributed by atoms with E-state index in [0.29, 0.717) is 5.88 Å². The molecule has 0 spiro atoms. The molecule has 82 valence electrons. The molecule has 0 unspecified atom stereocenters. The SMILES string of the molecule is COc1ncc(N2CCCCC2)cc1Br. The van der Waals surface area contributed by atoms with Crippen LogP contribution in [0.15, 0.2) is 16.7 Å². The number of ether oxygens (including phenoxy) is 1. The summed E-state index contributed by atoms with van der Waals surface area (Å²) >= 11 is 3.46. The van der Waals surface area contributed by atoms with Crippen molar-refractivity contribution in [2.24, 2.45) is 0 Å². The molecule has 15 heavy (non-hydrogen) atoms. The predicted octanol–water partition coefficient (Wildman–Crippen LogP) is 2.84. The van der Waals surface area contributed by atoms with Crippen LogP contribution in [-0.2, 0) is 0 Å². The van der Waals surface area contributed by atoms with Crippen molar-refractivity contribution in [2.45, 2.75) is 19.3 Å². The van der Waals surface area contributed by atoms with Crippen LogP contribution >= 0.6 is 15.9 Å². The first kappa shape index (κ1) is 10.7. The number of aromatic nitrogens is 1. The van der Waals surface area contributed by atoms with Crippen LogP contribution in [0.1, 0.15) is 19.3 Å². The van der Waals surface area contributed by atoms with Gasteiger partial charge in [-0.3, -0.25) is 0 Å². The number of halogens is 1. The Balaban J connectivity index is 2.17. The molecule has 1 aromatic rings. The number of hydrogen-bond donors (Lipinski definition) is 0. The molecule has 1 aliphatic rings. The summed E-state index contributed by atoms with van der Waals surface area (Å²) in [5, 5.41) is 0. The topological polar surface area (TPSA) is 25.4 Å². The Bertz CT molecular complexity index is 337. The van der Waals surface area contributed by atoms with Crippen molar-refractivity contribution >= 4 is 21.6 Å². The highest BCUT2D eigenvalue weighted by Gasteiger charge is 2.12. The van der Waals surface area contributed by atoms with Gasteiger partial charge in [0.25, 0.3) is 0 Å². The smallest absolute Gasteiger partial charge is 0.227 e. The standard InChI is InChI=1S/C11H15BrN2O/c1-15-11-10(12)7-9(8-13-11)14-5-3-2-4-6-14/h7-8H,2-6H2,1H3. The molecule has 1 fully saturated rings. The molecule has 2 rings (SSSR count). The summed E-state index contributed by atoms with van der Waals surface area (Å²) in [7, 11) is 1.63. The van der Waals surface area contributed by atoms with Crippen LogP contribution in [0.25, 0.3) is 0 Å². The molecule has 1 aliphatic heterocycles. The Kier molecular flexibility index (Phi) is 3.46. The van der Waals surface area contributed by atoms with E-state index >= 15 is 0 Å². The molecule has 0 bridgehead atoms. The fourth-order valence-electron chi connectivity index (χ4n) is 1.89. The van der Waals surface area contributed by atoms with Crippen LogP contribution in [0, 0.1) is 0 Å². The highest BCUT2D eigenvalue weighted by atomic mass is 79.9. The van der Waals surface area contributed by atoms with Crippen LogP contribution < -0.4 is 9.64 Å². The Morgan fingerprint density at radius 1 is 1.33 bits per heavy atom. The molecule has 0 aromatic carbocycles. The van der Waals surface area contributed by atoms with E-state index in [9.17, 15) is 0 Å². The summed E-state index contributed by atoms with van der Waals surface area (Å²) < 4.78 is 6.03. The summed E-state index contributed by atoms with van der Waals surface area (Å²) in [4.78, 5) is 6.64. The third-order valence-corrected chi connectivity index (χ3v) is 3.28. The fraction of sp³-hybridized carbons (Fsp3) is 0.545. The van der Waals surface area contributed by atoms with Gasteiger partial charge in [0.15, 0.2) is 0 Å². The Morgan fingerprint density at radius 2 is 2.07 bits per heavy atom. The van der Waals surface area contributed by atoms with Gasteiger partial charge in [0, 0.05) is 13.1 Å². The average Bonchev–Trinajstić information content (AvgIpc) is 2.30. The minimum absolute atomic E-state index is 0.649. The molecule has 4 heteroatoms. The Morgan fingerprint density at radius 3 is 2.67 bits per heavy atom. The molecule has 3 nitrogen and oxygen atoms in total. The molecular weight excluding hydrogens is 256 g/mol. The second-order valence-corrected chi connectivity index (χ2v) is 4.59. The van der Waals surface area contributed by atoms with Crippen molar-refractivity contribution in [2.75, 3.05) is 25.1 Å². The summed E-state index contributed by atoms with van der Waals surface area (Å²) in [6, 6.07) is 2.08. The number of anilines is 1. The minimum Gasteiger partial charge on any atom is -0.480 e. The quantitative estimate of drug-likeness (QED) is 0.827. The van der Waals surface area contributed by atoms with Crippen LogP contribution in [0.2, 0.25) is 0 Å². The van der Waals surface area contributed by atoms with E-state index in [0.717, 1.165) is 17.6 Å². The van der Waals surface area contributed by atoms with E-state index in [1.807, 2.05) is 6.20 Å². The van der Waals surface area contributed by atoms with Crippen molar-refractivity contribution in [1.82, 2.24) is 4.98 Å². The van der Waals surface area contributed by atoms with Crippen molar-refractivity contribution in [3.05, 3.63) is 16.7 Å². The lowest BCUT2D eigenvalue weighted by Gasteiger charge is -2.28. The maximum atomic E-state index is 5.11. The maximum absolute atomic E-state index is 5.11. The molecule has 0 atom stereocenters. The summed E-state index contributed by atoms with van der Waals surface area (Å²) in [5.41, 5.74) is 1.18. The third-order valence-electron chi connectivity index (χ3n) is 2.71. The van der Waals surface area contributed by atoms with Gasteiger partial charge < -0.3 is 9.64 Å². The van der Waals surface area contributed by atoms with Gasteiger partial charge in [-0.25, -0.2) is 4.98 Å². The van der Waals surface area contributed by atoms with Gasteiger partial charge in [-0.1, -0.05) is 0 Å². The van der Waals surface area contributed by atoms with Crippen molar-refractivity contribution < 1.29 is 4.74 Å². The van der Waals surface area contributed by atoms with Crippen LogP contribution in [0.4, 0.5) is 5.69 Å². The summed E-state index contributed by atoms with van der Waals surface area (Å²) in [6.07, 6.45) is 5.80. The van der Waals surface area contributed by atoms with Gasteiger partial charge in [0.05, 0.1) is 23.5 Å². The van der Waals surface area contributed by atoms with Crippen molar-refractivity contribution in [3.8, 4) is 5.88 Å². The van der Waals surface area contributed by atoms with Crippen LogP contribution in [0.5, 0.6) is 5.88 Å². The number of piperidine rings is 1. The monoisotopic (exact) mass is 270 g/mol. The maximum Gasteiger partial charge on any atom is 0.227 e. The Labute approximate surface area is 98.6 Å². The fourth-order valence-corrected chi connectivity index (χ4v) is 2.39. The van der Waals surface area contributed by atoms with Gasteiger partial charge in [0.1, 0.15) is 0 Å². The highest BCUT2D eigenvalue weighted by molar-refractivity contribution is 9.10. The number of rotatable bonds is 2. The lowest BCUT2D eigenvalue weighted by atomic mass is 10.1. The van der Waals surface area contributed by atoms with E-state index in [4.69, 9.17) is 4.74 Å². The molecular formula is C11H15BrN2O. The largest absolute Gasteiger partial charge is 0.480 e. The minimum atomic E-state index is 0.649. The molecule has 0 saturated carbocycles. The molecule has 2 heterocycles. The van der Waals surface area contributed by atoms with E-state index in [1.165, 1.54) is 24.9 Å². The normalized spacial score (nSPS) is 16.5. The Hall–Kier alpha value is -0.770. The van der Waals surface area contributed by atoms with E-state index in [1.54, 1.807) is 7.11 Å². The van der Waals surface area contributed by atoms with Gasteiger partial charge in [0.2, 0.25) is 5.88 Å². The van der Waals surface area contributed by atoms with Gasteiger partial charge in [-0.15, -0.1) is 0 Å². The van der Waals surface area contributed by atoms with Crippen LogP contribution in [-0.4, -0.2) is 25.2 Å². The van der Waals surface area contributed by atoms with E-state index in [2.05, 4.69) is 31.9 Å². The zero-order chi connectivity index (χ0) is 10.7. The first-order valence-electron chi connectivity index (χ1n) is 5.26. The average molecular weight is 271 g/mol. The zero-order valence-corrected chi connectivity index (χ0v) is 10.5. The second-order valence-electron chi connectivity index (χ2n) is 3.73. The first-order valence-corrected chi connectivity index (χ1v) is 6.05. The number of hydrogen-bond acceptors (Lipinski definition) is 3. The molecule has 0 amide bonds. The number of nitrogens with zero attached hydrogens (tertiary/aromatic N) is 2. The number of pyridine rings is 1. The molecule has 0 radical (unpaired) electrons. The molecule has 1 saturated heterocycles. The predicted molar refractivity (Wildman–Crippen MR) is 64.6 cm³/mol. The molecule has 0 aliphatic carbocycles. The van der Waals surface area contributed by atoms with Crippen molar-refractivity contribution in [3.63, 3.8) is 0 Å². The lowest BCUT2D eigenvalue weighted by Crippen LogP contribution is -2.29. The van der Waals surface area contributed by atoms with E-state index < -0.39 is 0 Å². The molecule has 1 aromatic heterocycles. The van der Waals surface area contributed by atoms with Gasteiger partial charge in [-0.2, -0.15) is 0 Å². The third kappa shape index (κ3) is 2.43. The van der Waals surface area contributed by atoms with Crippen molar-refractivity contribution in [1.29, 1.82) is 0 Å². The lowest BCUT2D eigenvalue weighted by molar-refractivity contribution is 0.395. The summed E-state index contributed by atoms with van der Waals surface area (Å²) in [5.74, 6) is 0.649. The van der Waals surface area contributed by atoms with E-state index in [-0.39, 0.29) is 0 Å². The second kappa shape index (κ2) is 4.84. The molecule has 0 N–H and O–H groups in total. The van der Waals surface area contributed by atoms with Crippen LogP contribution in [0.3, 0.4) is 0 Å². The summed E-state index contributed by atoms with van der Waals surface area (Å²) in [6.45, 7) is 2.28. The van der Waals surface area contributed by atoms with Gasteiger partial charge >= 0.3 is 0 Å². The highest BCUT2D eigenvalue weighted by Crippen LogP contribution is 2.28. The zero-order valence-electron chi connectivity index (χ0n) is 8.87. The van der Waals surface area contributed by atoms with Gasteiger partial charge in [-0.05, 0) is 41.3 Å².